The molecule has 0 spiro atoms. The fraction of sp³-hybridized carbons (Fsp3) is 0.500. The summed E-state index contributed by atoms with van der Waals surface area (Å²) in [5.74, 6) is -2.49. The van der Waals surface area contributed by atoms with Crippen LogP contribution in [0, 0.1) is 11.6 Å². The summed E-state index contributed by atoms with van der Waals surface area (Å²) in [7, 11) is 3.02. The van der Waals surface area contributed by atoms with E-state index in [1.165, 1.54) is 19.0 Å². The third-order valence-electron chi connectivity index (χ3n) is 3.86. The molecule has 7 heteroatoms. The summed E-state index contributed by atoms with van der Waals surface area (Å²) >= 11 is 0. The molecular formula is C16H21F2N3O2. The lowest BCUT2D eigenvalue weighted by Crippen LogP contribution is -2.46. The average Bonchev–Trinajstić information content (AvgIpc) is 2.99. The van der Waals surface area contributed by atoms with E-state index in [1.54, 1.807) is 11.8 Å². The smallest absolute Gasteiger partial charge is 0.252 e. The van der Waals surface area contributed by atoms with Crippen molar-refractivity contribution in [3.8, 4) is 0 Å². The molecule has 5 nitrogen and oxygen atoms in total. The largest absolute Gasteiger partial charge is 0.373 e. The molecule has 0 saturated carbocycles. The molecule has 126 valence electrons. The van der Waals surface area contributed by atoms with Gasteiger partial charge in [-0.15, -0.1) is 0 Å². The molecule has 1 atom stereocenters. The van der Waals surface area contributed by atoms with Crippen molar-refractivity contribution in [1.82, 2.24) is 10.2 Å². The molecule has 1 saturated heterocycles. The van der Waals surface area contributed by atoms with Crippen molar-refractivity contribution in [2.45, 2.75) is 25.8 Å². The number of hydrogen-bond donors (Lipinski definition) is 1. The summed E-state index contributed by atoms with van der Waals surface area (Å²) in [5.41, 5.74) is -0.352. The molecule has 0 bridgehead atoms. The number of carbonyl (C=O) groups excluding carboxylic acids is 2. The second-order valence-corrected chi connectivity index (χ2v) is 5.91. The summed E-state index contributed by atoms with van der Waals surface area (Å²) in [5, 5.41) is 2.50. The summed E-state index contributed by atoms with van der Waals surface area (Å²) < 4.78 is 27.9. The van der Waals surface area contributed by atoms with Gasteiger partial charge < -0.3 is 15.1 Å². The number of benzene rings is 1. The van der Waals surface area contributed by atoms with E-state index in [1.807, 2.05) is 0 Å². The Morgan fingerprint density at radius 1 is 1.17 bits per heavy atom. The molecule has 1 N–H and O–H groups in total. The average molecular weight is 325 g/mol. The molecule has 1 aromatic carbocycles. The van der Waals surface area contributed by atoms with Gasteiger partial charge in [0.05, 0.1) is 0 Å². The zero-order chi connectivity index (χ0) is 17.1. The number of amides is 2. The molecule has 23 heavy (non-hydrogen) atoms. The first kappa shape index (κ1) is 17.2. The Balaban J connectivity index is 2.10. The maximum atomic E-state index is 13.9. The molecule has 2 amide bonds. The van der Waals surface area contributed by atoms with Crippen LogP contribution in [0.3, 0.4) is 0 Å². The quantitative estimate of drug-likeness (QED) is 0.918. The Bertz CT molecular complexity index is 590. The fourth-order valence-corrected chi connectivity index (χ4v) is 2.68. The van der Waals surface area contributed by atoms with Crippen molar-refractivity contribution in [2.24, 2.45) is 0 Å². The van der Waals surface area contributed by atoms with Crippen LogP contribution in [-0.2, 0) is 4.79 Å². The monoisotopic (exact) mass is 325 g/mol. The van der Waals surface area contributed by atoms with Gasteiger partial charge in [0.25, 0.3) is 5.91 Å². The highest BCUT2D eigenvalue weighted by atomic mass is 19.1. The normalized spacial score (nSPS) is 15.4. The molecule has 0 aliphatic carbocycles. The molecule has 1 aliphatic rings. The van der Waals surface area contributed by atoms with Crippen LogP contribution in [0.5, 0.6) is 0 Å². The summed E-state index contributed by atoms with van der Waals surface area (Å²) in [4.78, 5) is 27.3. The number of hydrogen-bond acceptors (Lipinski definition) is 3. The van der Waals surface area contributed by atoms with Crippen molar-refractivity contribution in [2.75, 3.05) is 32.1 Å². The van der Waals surface area contributed by atoms with Crippen molar-refractivity contribution in [3.05, 3.63) is 29.3 Å². The van der Waals surface area contributed by atoms with Gasteiger partial charge in [-0.25, -0.2) is 8.78 Å². The number of likely N-dealkylation sites (tertiary alicyclic amines) is 1. The van der Waals surface area contributed by atoms with Crippen LogP contribution in [-0.4, -0.2) is 49.9 Å². The van der Waals surface area contributed by atoms with Crippen molar-refractivity contribution < 1.29 is 18.4 Å². The van der Waals surface area contributed by atoms with Crippen LogP contribution in [0.2, 0.25) is 0 Å². The number of nitrogens with one attached hydrogen (secondary N) is 1. The van der Waals surface area contributed by atoms with Gasteiger partial charge in [-0.1, -0.05) is 0 Å². The lowest BCUT2D eigenvalue weighted by molar-refractivity contribution is -0.131. The van der Waals surface area contributed by atoms with Gasteiger partial charge in [-0.05, 0) is 31.9 Å². The van der Waals surface area contributed by atoms with Gasteiger partial charge in [-0.3, -0.25) is 9.59 Å². The summed E-state index contributed by atoms with van der Waals surface area (Å²) in [6.07, 6.45) is 1.91. The standard InChI is InChI=1S/C16H21F2N3O2/c1-10(16(23)21-6-4-5-7-21)19-15(22)11-8-12(17)14(20(2)3)13(18)9-11/h8-10H,4-7H2,1-3H3,(H,19,22). The van der Waals surface area contributed by atoms with Gasteiger partial charge in [0.1, 0.15) is 23.4 Å². The Hall–Kier alpha value is -2.18. The van der Waals surface area contributed by atoms with Gasteiger partial charge in [-0.2, -0.15) is 0 Å². The Morgan fingerprint density at radius 2 is 1.70 bits per heavy atom. The first-order chi connectivity index (χ1) is 10.8. The minimum absolute atomic E-state index is 0.147. The van der Waals surface area contributed by atoms with Crippen molar-refractivity contribution >= 4 is 17.5 Å². The number of halogens is 2. The SMILES string of the molecule is CC(NC(=O)c1cc(F)c(N(C)C)c(F)c1)C(=O)N1CCCC1. The summed E-state index contributed by atoms with van der Waals surface area (Å²) in [6, 6.07) is 1.21. The second kappa shape index (κ2) is 6.93. The molecule has 1 heterocycles. The Morgan fingerprint density at radius 3 is 2.17 bits per heavy atom. The molecule has 1 aromatic rings. The van der Waals surface area contributed by atoms with Gasteiger partial charge >= 0.3 is 0 Å². The zero-order valence-electron chi connectivity index (χ0n) is 13.5. The molecule has 0 radical (unpaired) electrons. The van der Waals surface area contributed by atoms with Crippen LogP contribution in [0.15, 0.2) is 12.1 Å². The highest BCUT2D eigenvalue weighted by Crippen LogP contribution is 2.23. The topological polar surface area (TPSA) is 52.7 Å². The van der Waals surface area contributed by atoms with Gasteiger partial charge in [0, 0.05) is 32.7 Å². The second-order valence-electron chi connectivity index (χ2n) is 5.91. The zero-order valence-corrected chi connectivity index (χ0v) is 13.5. The lowest BCUT2D eigenvalue weighted by atomic mass is 10.1. The Kier molecular flexibility index (Phi) is 5.18. The highest BCUT2D eigenvalue weighted by molar-refractivity contribution is 5.97. The van der Waals surface area contributed by atoms with E-state index in [4.69, 9.17) is 0 Å². The van der Waals surface area contributed by atoms with E-state index in [0.717, 1.165) is 25.0 Å². The van der Waals surface area contributed by atoms with Crippen molar-refractivity contribution in [1.29, 1.82) is 0 Å². The van der Waals surface area contributed by atoms with Gasteiger partial charge in [0.2, 0.25) is 5.91 Å². The van der Waals surface area contributed by atoms with E-state index in [-0.39, 0.29) is 17.2 Å². The van der Waals surface area contributed by atoms with Crippen LogP contribution in [0.4, 0.5) is 14.5 Å². The first-order valence-corrected chi connectivity index (χ1v) is 7.57. The molecule has 0 aromatic heterocycles. The van der Waals surface area contributed by atoms with Gasteiger partial charge in [0.15, 0.2) is 0 Å². The first-order valence-electron chi connectivity index (χ1n) is 7.57. The number of carbonyl (C=O) groups is 2. The van der Waals surface area contributed by atoms with E-state index in [0.29, 0.717) is 13.1 Å². The predicted octanol–water partition coefficient (Wildman–Crippen LogP) is 1.77. The molecule has 1 fully saturated rings. The minimum atomic E-state index is -0.821. The maximum absolute atomic E-state index is 13.9. The van der Waals surface area contributed by atoms with E-state index in [9.17, 15) is 18.4 Å². The molecule has 1 unspecified atom stereocenters. The third-order valence-corrected chi connectivity index (χ3v) is 3.86. The summed E-state index contributed by atoms with van der Waals surface area (Å²) in [6.45, 7) is 2.93. The van der Waals surface area contributed by atoms with Crippen LogP contribution < -0.4 is 10.2 Å². The minimum Gasteiger partial charge on any atom is -0.373 e. The molecular weight excluding hydrogens is 304 g/mol. The number of anilines is 1. The van der Waals surface area contributed by atoms with Crippen molar-refractivity contribution in [3.63, 3.8) is 0 Å². The number of rotatable bonds is 4. The van der Waals surface area contributed by atoms with E-state index >= 15 is 0 Å². The molecule has 1 aliphatic heterocycles. The highest BCUT2D eigenvalue weighted by Gasteiger charge is 2.25. The van der Waals surface area contributed by atoms with Crippen LogP contribution in [0.1, 0.15) is 30.1 Å². The maximum Gasteiger partial charge on any atom is 0.252 e. The Labute approximate surface area is 134 Å². The van der Waals surface area contributed by atoms with E-state index < -0.39 is 23.6 Å². The lowest BCUT2D eigenvalue weighted by Gasteiger charge is -2.21. The van der Waals surface area contributed by atoms with Crippen LogP contribution >= 0.6 is 0 Å². The fourth-order valence-electron chi connectivity index (χ4n) is 2.68. The predicted molar refractivity (Wildman–Crippen MR) is 83.4 cm³/mol. The van der Waals surface area contributed by atoms with E-state index in [2.05, 4.69) is 5.32 Å². The molecule has 2 rings (SSSR count). The van der Waals surface area contributed by atoms with Crippen LogP contribution in [0.25, 0.3) is 0 Å². The third kappa shape index (κ3) is 3.78. The number of nitrogens with zero attached hydrogens (tertiary/aromatic N) is 2.